The first-order valence-electron chi connectivity index (χ1n) is 37.0. The molecule has 0 heterocycles. The maximum atomic E-state index is 13.0. The third-order valence-electron chi connectivity index (χ3n) is 16.5. The molecule has 0 fully saturated rings. The minimum atomic E-state index is -4.95. The van der Waals surface area contributed by atoms with E-state index in [2.05, 4.69) is 41.5 Å². The van der Waals surface area contributed by atoms with Crippen LogP contribution < -0.4 is 0 Å². The highest BCUT2D eigenvalue weighted by Gasteiger charge is 2.30. The Kier molecular flexibility index (Phi) is 61.8. The molecular formula is C71H138O17P2. The van der Waals surface area contributed by atoms with Gasteiger partial charge in [0.1, 0.15) is 19.3 Å². The van der Waals surface area contributed by atoms with E-state index in [1.807, 2.05) is 0 Å². The van der Waals surface area contributed by atoms with Gasteiger partial charge >= 0.3 is 39.5 Å². The molecule has 0 aliphatic carbocycles. The topological polar surface area (TPSA) is 237 Å². The number of aliphatic hydroxyl groups is 1. The lowest BCUT2D eigenvalue weighted by Gasteiger charge is -2.21. The van der Waals surface area contributed by atoms with Crippen LogP contribution in [0.4, 0.5) is 0 Å². The van der Waals surface area contributed by atoms with Gasteiger partial charge in [-0.15, -0.1) is 0 Å². The van der Waals surface area contributed by atoms with E-state index in [0.29, 0.717) is 31.6 Å². The van der Waals surface area contributed by atoms with E-state index in [1.165, 1.54) is 173 Å². The number of phosphoric acid groups is 2. The molecule has 3 N–H and O–H groups in total. The van der Waals surface area contributed by atoms with Crippen LogP contribution in [0.5, 0.6) is 0 Å². The van der Waals surface area contributed by atoms with Gasteiger partial charge in [-0.05, 0) is 37.5 Å². The molecule has 534 valence electrons. The summed E-state index contributed by atoms with van der Waals surface area (Å²) in [7, 11) is -9.90. The fourth-order valence-electron chi connectivity index (χ4n) is 10.8. The predicted octanol–water partition coefficient (Wildman–Crippen LogP) is 20.4. The summed E-state index contributed by atoms with van der Waals surface area (Å²) in [6.45, 7) is 9.48. The molecule has 90 heavy (non-hydrogen) atoms. The van der Waals surface area contributed by atoms with E-state index in [0.717, 1.165) is 102 Å². The highest BCUT2D eigenvalue weighted by Crippen LogP contribution is 2.45. The van der Waals surface area contributed by atoms with Crippen molar-refractivity contribution in [2.45, 2.75) is 381 Å². The normalized spacial score (nSPS) is 14.1. The Hall–Kier alpha value is -1.94. The van der Waals surface area contributed by atoms with Gasteiger partial charge in [0.2, 0.25) is 0 Å². The van der Waals surface area contributed by atoms with E-state index in [1.54, 1.807) is 0 Å². The smallest absolute Gasteiger partial charge is 0.462 e. The molecule has 0 saturated heterocycles. The van der Waals surface area contributed by atoms with Gasteiger partial charge in [0.05, 0.1) is 26.4 Å². The first-order chi connectivity index (χ1) is 43.4. The third-order valence-corrected chi connectivity index (χ3v) is 18.4. The highest BCUT2D eigenvalue weighted by atomic mass is 31.2. The predicted molar refractivity (Wildman–Crippen MR) is 363 cm³/mol. The molecule has 19 heteroatoms. The molecule has 17 nitrogen and oxygen atoms in total. The Morgan fingerprint density at radius 2 is 0.511 bits per heavy atom. The van der Waals surface area contributed by atoms with Gasteiger partial charge in [-0.1, -0.05) is 311 Å². The number of rotatable bonds is 70. The number of carbonyl (C=O) groups excluding carboxylic acids is 4. The first kappa shape index (κ1) is 88.1. The fraction of sp³-hybridized carbons (Fsp3) is 0.944. The molecule has 2 unspecified atom stereocenters. The first-order valence-corrected chi connectivity index (χ1v) is 40.0. The molecule has 5 atom stereocenters. The molecule has 0 bridgehead atoms. The molecule has 0 aromatic rings. The van der Waals surface area contributed by atoms with Crippen LogP contribution in [0.25, 0.3) is 0 Å². The van der Waals surface area contributed by atoms with E-state index < -0.39 is 97.5 Å². The molecular weight excluding hydrogens is 1190 g/mol. The molecule has 0 saturated carbocycles. The van der Waals surface area contributed by atoms with Crippen LogP contribution in [0, 0.1) is 11.8 Å². The summed E-state index contributed by atoms with van der Waals surface area (Å²) in [5.74, 6) is -0.649. The van der Waals surface area contributed by atoms with Crippen molar-refractivity contribution in [3.63, 3.8) is 0 Å². The second-order valence-electron chi connectivity index (χ2n) is 26.6. The number of hydrogen-bond donors (Lipinski definition) is 3. The van der Waals surface area contributed by atoms with Gasteiger partial charge in [-0.3, -0.25) is 37.3 Å². The van der Waals surface area contributed by atoms with Crippen LogP contribution in [-0.2, 0) is 65.4 Å². The Balaban J connectivity index is 5.21. The van der Waals surface area contributed by atoms with E-state index in [9.17, 15) is 43.2 Å². The molecule has 0 aliphatic heterocycles. The summed E-state index contributed by atoms with van der Waals surface area (Å²) < 4.78 is 68.2. The van der Waals surface area contributed by atoms with Gasteiger partial charge in [0, 0.05) is 25.7 Å². The van der Waals surface area contributed by atoms with Crippen molar-refractivity contribution in [2.24, 2.45) is 11.8 Å². The maximum Gasteiger partial charge on any atom is 0.472 e. The van der Waals surface area contributed by atoms with E-state index >= 15 is 0 Å². The molecule has 0 rings (SSSR count). The number of esters is 4. The summed E-state index contributed by atoms with van der Waals surface area (Å²) >= 11 is 0. The van der Waals surface area contributed by atoms with Crippen molar-refractivity contribution >= 4 is 39.5 Å². The lowest BCUT2D eigenvalue weighted by atomic mass is 10.0. The molecule has 0 aliphatic rings. The van der Waals surface area contributed by atoms with Crippen LogP contribution in [0.15, 0.2) is 0 Å². The Bertz CT molecular complexity index is 1750. The third kappa shape index (κ3) is 64.8. The lowest BCUT2D eigenvalue weighted by Crippen LogP contribution is -2.30. The van der Waals surface area contributed by atoms with Crippen LogP contribution in [0.3, 0.4) is 0 Å². The zero-order chi connectivity index (χ0) is 66.5. The molecule has 0 spiro atoms. The van der Waals surface area contributed by atoms with Crippen molar-refractivity contribution in [1.29, 1.82) is 0 Å². The van der Waals surface area contributed by atoms with Crippen LogP contribution in [0.2, 0.25) is 0 Å². The van der Waals surface area contributed by atoms with Crippen molar-refractivity contribution in [1.82, 2.24) is 0 Å². The number of carbonyl (C=O) groups is 4. The fourth-order valence-corrected chi connectivity index (χ4v) is 12.3. The van der Waals surface area contributed by atoms with Crippen molar-refractivity contribution in [3.8, 4) is 0 Å². The SMILES string of the molecule is CCCCCCCCCCCCCCCCCCCC(=O)O[C@H](COC(=O)CCCCCCCCCCCCCCC(C)C)COP(=O)(O)OC[C@@H](O)COP(=O)(O)OC[C@@H](COC(=O)CCCCCCCCCC)OC(=O)CCCCCCCCCC(C)C. The lowest BCUT2D eigenvalue weighted by molar-refractivity contribution is -0.161. The quantitative estimate of drug-likeness (QED) is 0.0222. The number of phosphoric ester groups is 2. The highest BCUT2D eigenvalue weighted by molar-refractivity contribution is 7.47. The molecule has 0 aromatic heterocycles. The maximum absolute atomic E-state index is 13.0. The zero-order valence-corrected chi connectivity index (χ0v) is 60.2. The van der Waals surface area contributed by atoms with Crippen molar-refractivity contribution in [3.05, 3.63) is 0 Å². The number of unbranched alkanes of at least 4 members (excludes halogenated alkanes) is 40. The van der Waals surface area contributed by atoms with Crippen LogP contribution in [0.1, 0.15) is 363 Å². The minimum absolute atomic E-state index is 0.103. The zero-order valence-electron chi connectivity index (χ0n) is 58.4. The summed E-state index contributed by atoms with van der Waals surface area (Å²) in [4.78, 5) is 72.5. The average molecular weight is 1330 g/mol. The summed E-state index contributed by atoms with van der Waals surface area (Å²) in [6, 6.07) is 0. The number of hydrogen-bond acceptors (Lipinski definition) is 15. The number of aliphatic hydroxyl groups excluding tert-OH is 1. The summed E-state index contributed by atoms with van der Waals surface area (Å²) in [5, 5.41) is 10.6. The Morgan fingerprint density at radius 3 is 0.756 bits per heavy atom. The van der Waals surface area contributed by atoms with Crippen LogP contribution >= 0.6 is 15.6 Å². The second kappa shape index (κ2) is 63.1. The summed E-state index contributed by atoms with van der Waals surface area (Å²) in [6.07, 6.45) is 48.7. The standard InChI is InChI=1S/C71H138O17P2/c1-7-9-11-13-15-17-18-19-20-21-22-23-28-31-37-43-49-55-70(75)87-66(60-82-69(74)54-48-42-36-30-27-25-24-26-29-33-39-45-51-63(3)4)61-85-89(77,78)83-57-65(72)58-84-90(79,80)86-62-67(59-81-68(73)53-47-41-35-16-14-12-10-8-2)88-71(76)56-50-44-38-32-34-40-46-52-64(5)6/h63-67,72H,7-62H2,1-6H3,(H,77,78)(H,79,80)/t65-,66-,67-/m1/s1. The van der Waals surface area contributed by atoms with Crippen molar-refractivity contribution < 1.29 is 80.2 Å². The van der Waals surface area contributed by atoms with Gasteiger partial charge in [-0.2, -0.15) is 0 Å². The van der Waals surface area contributed by atoms with Gasteiger partial charge < -0.3 is 33.8 Å². The average Bonchev–Trinajstić information content (AvgIpc) is 2.82. The molecule has 0 radical (unpaired) electrons. The van der Waals surface area contributed by atoms with Gasteiger partial charge in [-0.25, -0.2) is 9.13 Å². The monoisotopic (exact) mass is 1320 g/mol. The van der Waals surface area contributed by atoms with Crippen molar-refractivity contribution in [2.75, 3.05) is 39.6 Å². The molecule has 0 aromatic carbocycles. The van der Waals surface area contributed by atoms with Crippen LogP contribution in [-0.4, -0.2) is 96.7 Å². The van der Waals surface area contributed by atoms with Gasteiger partial charge in [0.25, 0.3) is 0 Å². The molecule has 0 amide bonds. The number of ether oxygens (including phenoxy) is 4. The summed E-state index contributed by atoms with van der Waals surface area (Å²) in [5.41, 5.74) is 0. The minimum Gasteiger partial charge on any atom is -0.462 e. The second-order valence-corrected chi connectivity index (χ2v) is 29.5. The largest absolute Gasteiger partial charge is 0.472 e. The Morgan fingerprint density at radius 1 is 0.300 bits per heavy atom. The van der Waals surface area contributed by atoms with E-state index in [4.69, 9.17) is 37.0 Å². The van der Waals surface area contributed by atoms with E-state index in [-0.39, 0.29) is 25.7 Å². The van der Waals surface area contributed by atoms with Gasteiger partial charge in [0.15, 0.2) is 12.2 Å². The Labute approximate surface area is 549 Å².